The van der Waals surface area contributed by atoms with Gasteiger partial charge in [-0.15, -0.1) is 0 Å². The van der Waals surface area contributed by atoms with Gasteiger partial charge in [-0.3, -0.25) is 0 Å². The first kappa shape index (κ1) is 15.1. The van der Waals surface area contributed by atoms with E-state index in [2.05, 4.69) is 5.16 Å². The van der Waals surface area contributed by atoms with Crippen molar-refractivity contribution in [3.8, 4) is 5.75 Å². The fourth-order valence-corrected chi connectivity index (χ4v) is 2.01. The molecule has 0 spiro atoms. The Labute approximate surface area is 126 Å². The summed E-state index contributed by atoms with van der Waals surface area (Å²) >= 11 is 6.12. The van der Waals surface area contributed by atoms with Crippen LogP contribution in [0.2, 0.25) is 5.02 Å². The van der Waals surface area contributed by atoms with Crippen molar-refractivity contribution in [2.45, 2.75) is 20.5 Å². The average molecular weight is 308 g/mol. The number of rotatable bonds is 5. The molecular formula is C15H14ClNO4. The molecular weight excluding hydrogens is 294 g/mol. The molecule has 0 aliphatic carbocycles. The van der Waals surface area contributed by atoms with Crippen LogP contribution in [0.15, 0.2) is 28.8 Å². The number of carboxylic acid groups (broad SMARTS) is 1. The van der Waals surface area contributed by atoms with Gasteiger partial charge in [0, 0.05) is 6.08 Å². The first-order valence-electron chi connectivity index (χ1n) is 6.22. The second-order valence-corrected chi connectivity index (χ2v) is 4.86. The van der Waals surface area contributed by atoms with Crippen LogP contribution in [0.1, 0.15) is 22.6 Å². The number of aromatic nitrogens is 1. The SMILES string of the molecule is Cc1noc(C)c1COc1ccc(C=CC(=O)O)cc1Cl. The van der Waals surface area contributed by atoms with Crippen LogP contribution in [0.4, 0.5) is 0 Å². The van der Waals surface area contributed by atoms with Gasteiger partial charge in [0.25, 0.3) is 0 Å². The van der Waals surface area contributed by atoms with Gasteiger partial charge in [-0.2, -0.15) is 0 Å². The lowest BCUT2D eigenvalue weighted by Gasteiger charge is -2.08. The zero-order valence-electron chi connectivity index (χ0n) is 11.6. The minimum Gasteiger partial charge on any atom is -0.487 e. The summed E-state index contributed by atoms with van der Waals surface area (Å²) in [6.07, 6.45) is 2.52. The summed E-state index contributed by atoms with van der Waals surface area (Å²) in [6, 6.07) is 5.07. The number of hydrogen-bond acceptors (Lipinski definition) is 4. The normalized spacial score (nSPS) is 11.0. The van der Waals surface area contributed by atoms with Crippen LogP contribution in [0, 0.1) is 13.8 Å². The molecule has 0 amide bonds. The second-order valence-electron chi connectivity index (χ2n) is 4.45. The van der Waals surface area contributed by atoms with Crippen molar-refractivity contribution in [2.75, 3.05) is 0 Å². The smallest absolute Gasteiger partial charge is 0.328 e. The minimum atomic E-state index is -1.01. The highest BCUT2D eigenvalue weighted by Gasteiger charge is 2.10. The molecule has 0 atom stereocenters. The van der Waals surface area contributed by atoms with E-state index in [1.165, 1.54) is 6.08 Å². The predicted octanol–water partition coefficient (Wildman–Crippen LogP) is 3.62. The van der Waals surface area contributed by atoms with Gasteiger partial charge < -0.3 is 14.4 Å². The van der Waals surface area contributed by atoms with Gasteiger partial charge in [-0.25, -0.2) is 4.79 Å². The number of benzene rings is 1. The molecule has 0 saturated carbocycles. The van der Waals surface area contributed by atoms with Crippen LogP contribution in [-0.2, 0) is 11.4 Å². The Morgan fingerprint density at radius 3 is 2.81 bits per heavy atom. The van der Waals surface area contributed by atoms with E-state index in [1.807, 2.05) is 13.8 Å². The van der Waals surface area contributed by atoms with E-state index >= 15 is 0 Å². The Kier molecular flexibility index (Phi) is 4.65. The van der Waals surface area contributed by atoms with E-state index in [-0.39, 0.29) is 0 Å². The average Bonchev–Trinajstić information content (AvgIpc) is 2.75. The van der Waals surface area contributed by atoms with Crippen molar-refractivity contribution in [2.24, 2.45) is 0 Å². The summed E-state index contributed by atoms with van der Waals surface area (Å²) in [5.41, 5.74) is 2.36. The molecule has 0 saturated heterocycles. The Morgan fingerprint density at radius 2 is 2.24 bits per heavy atom. The summed E-state index contributed by atoms with van der Waals surface area (Å²) in [6.45, 7) is 3.97. The van der Waals surface area contributed by atoms with E-state index in [1.54, 1.807) is 18.2 Å². The maximum atomic E-state index is 10.5. The number of nitrogens with zero attached hydrogens (tertiary/aromatic N) is 1. The van der Waals surface area contributed by atoms with E-state index in [9.17, 15) is 4.79 Å². The lowest BCUT2D eigenvalue weighted by Crippen LogP contribution is -1.98. The standard InChI is InChI=1S/C15H14ClNO4/c1-9-12(10(2)21-17-9)8-20-14-5-3-11(7-13(14)16)4-6-15(18)19/h3-7H,8H2,1-2H3,(H,18,19). The Morgan fingerprint density at radius 1 is 1.48 bits per heavy atom. The summed E-state index contributed by atoms with van der Waals surface area (Å²) in [5, 5.41) is 12.8. The number of ether oxygens (including phenoxy) is 1. The molecule has 1 aromatic carbocycles. The van der Waals surface area contributed by atoms with Gasteiger partial charge in [0.05, 0.1) is 16.3 Å². The highest BCUT2D eigenvalue weighted by atomic mass is 35.5. The predicted molar refractivity (Wildman–Crippen MR) is 78.4 cm³/mol. The summed E-state index contributed by atoms with van der Waals surface area (Å²) in [5.74, 6) is 0.221. The van der Waals surface area contributed by atoms with Crippen LogP contribution in [0.3, 0.4) is 0 Å². The first-order chi connectivity index (χ1) is 9.97. The molecule has 21 heavy (non-hydrogen) atoms. The molecule has 0 aliphatic rings. The van der Waals surface area contributed by atoms with Gasteiger partial charge in [-0.05, 0) is 37.6 Å². The van der Waals surface area contributed by atoms with E-state index < -0.39 is 5.97 Å². The summed E-state index contributed by atoms with van der Waals surface area (Å²) < 4.78 is 10.7. The molecule has 5 nitrogen and oxygen atoms in total. The van der Waals surface area contributed by atoms with Crippen molar-refractivity contribution in [1.29, 1.82) is 0 Å². The molecule has 0 bridgehead atoms. The Hall–Kier alpha value is -2.27. The third kappa shape index (κ3) is 3.86. The van der Waals surface area contributed by atoms with Crippen LogP contribution >= 0.6 is 11.6 Å². The molecule has 0 radical (unpaired) electrons. The molecule has 6 heteroatoms. The Balaban J connectivity index is 2.09. The molecule has 1 N–H and O–H groups in total. The number of aryl methyl sites for hydroxylation is 2. The number of aliphatic carboxylic acids is 1. The zero-order chi connectivity index (χ0) is 15.4. The van der Waals surface area contributed by atoms with Gasteiger partial charge in [-0.1, -0.05) is 22.8 Å². The zero-order valence-corrected chi connectivity index (χ0v) is 12.3. The van der Waals surface area contributed by atoms with Gasteiger partial charge >= 0.3 is 5.97 Å². The van der Waals surface area contributed by atoms with Crippen molar-refractivity contribution in [3.63, 3.8) is 0 Å². The van der Waals surface area contributed by atoms with Crippen molar-refractivity contribution in [1.82, 2.24) is 5.16 Å². The van der Waals surface area contributed by atoms with Crippen LogP contribution in [0.25, 0.3) is 6.08 Å². The maximum Gasteiger partial charge on any atom is 0.328 e. The number of hydrogen-bond donors (Lipinski definition) is 1. The van der Waals surface area contributed by atoms with Gasteiger partial charge in [0.15, 0.2) is 0 Å². The van der Waals surface area contributed by atoms with E-state index in [0.717, 1.165) is 17.3 Å². The number of carbonyl (C=O) groups is 1. The quantitative estimate of drug-likeness (QED) is 0.854. The second kappa shape index (κ2) is 6.45. The van der Waals surface area contributed by atoms with Gasteiger partial charge in [0.1, 0.15) is 18.1 Å². The monoisotopic (exact) mass is 307 g/mol. The largest absolute Gasteiger partial charge is 0.487 e. The molecule has 110 valence electrons. The third-order valence-corrected chi connectivity index (χ3v) is 3.22. The summed E-state index contributed by atoms with van der Waals surface area (Å²) in [4.78, 5) is 10.5. The molecule has 1 heterocycles. The maximum absolute atomic E-state index is 10.5. The molecule has 2 aromatic rings. The van der Waals surface area contributed by atoms with E-state index in [4.69, 9.17) is 26.0 Å². The van der Waals surface area contributed by atoms with Gasteiger partial charge in [0.2, 0.25) is 0 Å². The van der Waals surface area contributed by atoms with Crippen molar-refractivity contribution < 1.29 is 19.2 Å². The summed E-state index contributed by atoms with van der Waals surface area (Å²) in [7, 11) is 0. The molecule has 2 rings (SSSR count). The molecule has 0 fully saturated rings. The lowest BCUT2D eigenvalue weighted by atomic mass is 10.2. The highest BCUT2D eigenvalue weighted by Crippen LogP contribution is 2.27. The van der Waals surface area contributed by atoms with Crippen LogP contribution in [-0.4, -0.2) is 16.2 Å². The van der Waals surface area contributed by atoms with Crippen LogP contribution in [0.5, 0.6) is 5.75 Å². The highest BCUT2D eigenvalue weighted by molar-refractivity contribution is 6.32. The van der Waals surface area contributed by atoms with E-state index in [0.29, 0.717) is 28.7 Å². The number of halogens is 1. The van der Waals surface area contributed by atoms with Crippen molar-refractivity contribution in [3.05, 3.63) is 51.9 Å². The fraction of sp³-hybridized carbons (Fsp3) is 0.200. The molecule has 1 aromatic heterocycles. The first-order valence-corrected chi connectivity index (χ1v) is 6.60. The fourth-order valence-electron chi connectivity index (χ4n) is 1.76. The lowest BCUT2D eigenvalue weighted by molar-refractivity contribution is -0.131. The Bertz CT molecular complexity index is 671. The molecule has 0 unspecified atom stereocenters. The van der Waals surface area contributed by atoms with Crippen LogP contribution < -0.4 is 4.74 Å². The number of carboxylic acids is 1. The molecule has 0 aliphatic heterocycles. The third-order valence-electron chi connectivity index (χ3n) is 2.93. The van der Waals surface area contributed by atoms with Crippen molar-refractivity contribution >= 4 is 23.6 Å². The topological polar surface area (TPSA) is 72.6 Å². The minimum absolute atomic E-state index is 0.311.